The molecular formula is C20H22N2O. The largest absolute Gasteiger partial charge is 0.493 e. The van der Waals surface area contributed by atoms with Gasteiger partial charge in [0.25, 0.3) is 5.54 Å². The quantitative estimate of drug-likeness (QED) is 0.747. The van der Waals surface area contributed by atoms with Crippen LogP contribution in [0.4, 0.5) is 11.4 Å². The van der Waals surface area contributed by atoms with Gasteiger partial charge in [-0.15, -0.1) is 0 Å². The molecule has 23 heavy (non-hydrogen) atoms. The van der Waals surface area contributed by atoms with E-state index < -0.39 is 5.54 Å². The maximum absolute atomic E-state index is 7.49. The highest BCUT2D eigenvalue weighted by Gasteiger charge is 2.39. The average molecular weight is 306 g/mol. The van der Waals surface area contributed by atoms with E-state index in [1.54, 1.807) is 0 Å². The lowest BCUT2D eigenvalue weighted by atomic mass is 9.87. The van der Waals surface area contributed by atoms with Gasteiger partial charge in [-0.1, -0.05) is 19.1 Å². The summed E-state index contributed by atoms with van der Waals surface area (Å²) in [4.78, 5) is 5.97. The number of hydrogen-bond acceptors (Lipinski definition) is 2. The topological polar surface area (TPSA) is 16.8 Å². The van der Waals surface area contributed by atoms with Gasteiger partial charge in [-0.05, 0) is 36.2 Å². The third-order valence-electron chi connectivity index (χ3n) is 4.76. The van der Waals surface area contributed by atoms with Crippen molar-refractivity contribution in [2.24, 2.45) is 0 Å². The predicted molar refractivity (Wildman–Crippen MR) is 94.4 cm³/mol. The molecule has 0 bridgehead atoms. The number of nitrogens with zero attached hydrogens (tertiary/aromatic N) is 2. The molecule has 0 saturated heterocycles. The molecule has 0 radical (unpaired) electrons. The Bertz CT molecular complexity index is 745. The summed E-state index contributed by atoms with van der Waals surface area (Å²) in [7, 11) is 2.06. The van der Waals surface area contributed by atoms with Crippen molar-refractivity contribution in [3.05, 3.63) is 65.0 Å². The van der Waals surface area contributed by atoms with Crippen LogP contribution in [0, 0.1) is 6.57 Å². The Morgan fingerprint density at radius 2 is 1.87 bits per heavy atom. The standard InChI is InChI=1S/C20H22N2O/c1-5-15-6-8-16(9-7-15)22(4)17-10-11-18-19(14-17)23-13-12-20(18,2)21-3/h6-11,14H,5,12-13H2,1-2,4H3. The zero-order valence-electron chi connectivity index (χ0n) is 14.0. The molecule has 1 atom stereocenters. The summed E-state index contributed by atoms with van der Waals surface area (Å²) in [6, 6.07) is 14.8. The summed E-state index contributed by atoms with van der Waals surface area (Å²) in [6.07, 6.45) is 1.79. The van der Waals surface area contributed by atoms with E-state index in [1.165, 1.54) is 5.56 Å². The monoisotopic (exact) mass is 306 g/mol. The van der Waals surface area contributed by atoms with Crippen LogP contribution >= 0.6 is 0 Å². The second kappa shape index (κ2) is 5.96. The molecule has 2 aromatic carbocycles. The van der Waals surface area contributed by atoms with E-state index in [0.29, 0.717) is 6.61 Å². The van der Waals surface area contributed by atoms with Gasteiger partial charge in [-0.3, -0.25) is 0 Å². The molecule has 0 aromatic heterocycles. The van der Waals surface area contributed by atoms with Gasteiger partial charge in [0.2, 0.25) is 0 Å². The summed E-state index contributed by atoms with van der Waals surface area (Å²) >= 11 is 0. The molecule has 0 fully saturated rings. The van der Waals surface area contributed by atoms with Gasteiger partial charge < -0.3 is 14.5 Å². The number of rotatable bonds is 3. The van der Waals surface area contributed by atoms with E-state index in [-0.39, 0.29) is 0 Å². The van der Waals surface area contributed by atoms with E-state index >= 15 is 0 Å². The lowest BCUT2D eigenvalue weighted by Gasteiger charge is -2.28. The molecule has 1 aliphatic heterocycles. The smallest absolute Gasteiger partial charge is 0.261 e. The third-order valence-corrected chi connectivity index (χ3v) is 4.76. The number of anilines is 2. The minimum atomic E-state index is -0.465. The highest BCUT2D eigenvalue weighted by Crippen LogP contribution is 2.42. The molecule has 1 unspecified atom stereocenters. The Hall–Kier alpha value is -2.47. The molecule has 2 aromatic rings. The first-order chi connectivity index (χ1) is 11.1. The number of benzene rings is 2. The van der Waals surface area contributed by atoms with Gasteiger partial charge in [0, 0.05) is 31.4 Å². The molecular weight excluding hydrogens is 284 g/mol. The van der Waals surface area contributed by atoms with Gasteiger partial charge in [-0.2, -0.15) is 0 Å². The van der Waals surface area contributed by atoms with Gasteiger partial charge in [0.1, 0.15) is 5.75 Å². The molecule has 3 nitrogen and oxygen atoms in total. The Morgan fingerprint density at radius 3 is 2.52 bits per heavy atom. The van der Waals surface area contributed by atoms with Crippen molar-refractivity contribution in [1.29, 1.82) is 0 Å². The molecule has 3 heteroatoms. The third kappa shape index (κ3) is 2.77. The normalized spacial score (nSPS) is 19.4. The van der Waals surface area contributed by atoms with Gasteiger partial charge in [0.05, 0.1) is 18.6 Å². The van der Waals surface area contributed by atoms with Crippen molar-refractivity contribution in [3.8, 4) is 5.75 Å². The SMILES string of the molecule is [C-]#[N+]C1(C)CCOc2cc(N(C)c3ccc(CC)cc3)ccc21. The second-order valence-corrected chi connectivity index (χ2v) is 6.24. The van der Waals surface area contributed by atoms with E-state index in [1.807, 2.05) is 19.1 Å². The molecule has 0 amide bonds. The van der Waals surface area contributed by atoms with E-state index in [9.17, 15) is 0 Å². The second-order valence-electron chi connectivity index (χ2n) is 6.24. The summed E-state index contributed by atoms with van der Waals surface area (Å²) in [6.45, 7) is 12.3. The lowest BCUT2D eigenvalue weighted by Crippen LogP contribution is -2.26. The fourth-order valence-electron chi connectivity index (χ4n) is 3.00. The molecule has 0 N–H and O–H groups in total. The van der Waals surface area contributed by atoms with Gasteiger partial charge in [0.15, 0.2) is 0 Å². The summed E-state index contributed by atoms with van der Waals surface area (Å²) in [5, 5.41) is 0. The minimum Gasteiger partial charge on any atom is -0.493 e. The number of fused-ring (bicyclic) bond motifs is 1. The summed E-state index contributed by atoms with van der Waals surface area (Å²) < 4.78 is 5.81. The van der Waals surface area contributed by atoms with Crippen LogP contribution in [-0.4, -0.2) is 13.7 Å². The molecule has 0 saturated carbocycles. The fraction of sp³-hybridized carbons (Fsp3) is 0.350. The zero-order valence-corrected chi connectivity index (χ0v) is 14.0. The molecule has 3 rings (SSSR count). The van der Waals surface area contributed by atoms with Crippen LogP contribution in [0.5, 0.6) is 5.75 Å². The van der Waals surface area contributed by atoms with Crippen LogP contribution in [0.1, 0.15) is 31.4 Å². The van der Waals surface area contributed by atoms with Crippen LogP contribution in [0.15, 0.2) is 42.5 Å². The molecule has 0 spiro atoms. The summed E-state index contributed by atoms with van der Waals surface area (Å²) in [5.74, 6) is 0.837. The predicted octanol–water partition coefficient (Wildman–Crippen LogP) is 4.93. The highest BCUT2D eigenvalue weighted by atomic mass is 16.5. The van der Waals surface area contributed by atoms with Crippen LogP contribution in [-0.2, 0) is 12.0 Å². The van der Waals surface area contributed by atoms with Crippen molar-refractivity contribution in [1.82, 2.24) is 0 Å². The highest BCUT2D eigenvalue weighted by molar-refractivity contribution is 5.66. The van der Waals surface area contributed by atoms with E-state index in [4.69, 9.17) is 11.3 Å². The number of ether oxygens (including phenoxy) is 1. The first-order valence-electron chi connectivity index (χ1n) is 8.06. The molecule has 1 heterocycles. The Kier molecular flexibility index (Phi) is 4.00. The van der Waals surface area contributed by atoms with Crippen molar-refractivity contribution in [3.63, 3.8) is 0 Å². The number of hydrogen-bond donors (Lipinski definition) is 0. The van der Waals surface area contributed by atoms with Crippen molar-refractivity contribution >= 4 is 11.4 Å². The minimum absolute atomic E-state index is 0.465. The van der Waals surface area contributed by atoms with Crippen LogP contribution in [0.3, 0.4) is 0 Å². The lowest BCUT2D eigenvalue weighted by molar-refractivity contribution is 0.246. The van der Waals surface area contributed by atoms with Gasteiger partial charge in [-0.25, -0.2) is 6.57 Å². The Balaban J connectivity index is 1.93. The van der Waals surface area contributed by atoms with E-state index in [2.05, 4.69) is 54.0 Å². The first kappa shape index (κ1) is 15.4. The maximum atomic E-state index is 7.49. The molecule has 118 valence electrons. The maximum Gasteiger partial charge on any atom is 0.261 e. The van der Waals surface area contributed by atoms with Crippen LogP contribution in [0.25, 0.3) is 4.85 Å². The van der Waals surface area contributed by atoms with Crippen molar-refractivity contribution in [2.45, 2.75) is 32.2 Å². The Labute approximate surface area is 138 Å². The first-order valence-corrected chi connectivity index (χ1v) is 8.06. The zero-order chi connectivity index (χ0) is 16.4. The number of aryl methyl sites for hydroxylation is 1. The van der Waals surface area contributed by atoms with Crippen LogP contribution in [0.2, 0.25) is 0 Å². The van der Waals surface area contributed by atoms with Crippen molar-refractivity contribution < 1.29 is 4.74 Å². The average Bonchev–Trinajstić information content (AvgIpc) is 2.61. The van der Waals surface area contributed by atoms with Gasteiger partial charge >= 0.3 is 0 Å². The Morgan fingerprint density at radius 1 is 1.17 bits per heavy atom. The summed E-state index contributed by atoms with van der Waals surface area (Å²) in [5.41, 5.74) is 4.09. The van der Waals surface area contributed by atoms with Crippen molar-refractivity contribution in [2.75, 3.05) is 18.6 Å². The fourth-order valence-corrected chi connectivity index (χ4v) is 3.00. The van der Waals surface area contributed by atoms with E-state index in [0.717, 1.165) is 35.5 Å². The molecule has 0 aliphatic carbocycles. The van der Waals surface area contributed by atoms with Crippen LogP contribution < -0.4 is 9.64 Å². The molecule has 1 aliphatic rings.